The van der Waals surface area contributed by atoms with Crippen LogP contribution in [0.25, 0.3) is 10.8 Å². The van der Waals surface area contributed by atoms with Gasteiger partial charge in [0.1, 0.15) is 10.0 Å². The summed E-state index contributed by atoms with van der Waals surface area (Å²) in [6.45, 7) is 2.87. The molecule has 0 saturated carbocycles. The van der Waals surface area contributed by atoms with Crippen LogP contribution in [0.4, 0.5) is 5.69 Å². The monoisotopic (exact) mass is 310 g/mol. The number of benzene rings is 2. The quantitative estimate of drug-likeness (QED) is 0.804. The number of hydrogen-bond acceptors (Lipinski definition) is 5. The van der Waals surface area contributed by atoms with Gasteiger partial charge in [0.05, 0.1) is 6.54 Å². The Kier molecular flexibility index (Phi) is 3.52. The highest BCUT2D eigenvalue weighted by Crippen LogP contribution is 2.28. The van der Waals surface area contributed by atoms with Gasteiger partial charge in [0.15, 0.2) is 0 Å². The molecule has 3 aromatic rings. The zero-order valence-corrected chi connectivity index (χ0v) is 13.3. The molecule has 1 saturated heterocycles. The molecule has 1 fully saturated rings. The van der Waals surface area contributed by atoms with E-state index in [1.807, 2.05) is 0 Å². The number of aromatic nitrogens is 2. The van der Waals surface area contributed by atoms with Gasteiger partial charge in [-0.1, -0.05) is 47.7 Å². The molecular weight excluding hydrogens is 292 g/mol. The predicted molar refractivity (Wildman–Crippen MR) is 91.6 cm³/mol. The number of anilines is 1. The summed E-state index contributed by atoms with van der Waals surface area (Å²) in [7, 11) is 2.12. The van der Waals surface area contributed by atoms with Crippen molar-refractivity contribution in [2.24, 2.45) is 0 Å². The first-order valence-electron chi connectivity index (χ1n) is 7.53. The summed E-state index contributed by atoms with van der Waals surface area (Å²) in [5.74, 6) is 0.564. The Morgan fingerprint density at radius 1 is 1.14 bits per heavy atom. The summed E-state index contributed by atoms with van der Waals surface area (Å²) < 4.78 is 0. The molecule has 1 aliphatic heterocycles. The minimum absolute atomic E-state index is 0.564. The van der Waals surface area contributed by atoms with Crippen LogP contribution in [0.5, 0.6) is 0 Å². The molecule has 0 spiro atoms. The van der Waals surface area contributed by atoms with E-state index < -0.39 is 0 Å². The summed E-state index contributed by atoms with van der Waals surface area (Å²) in [4.78, 5) is 2.26. The molecule has 5 heteroatoms. The highest BCUT2D eigenvalue weighted by molar-refractivity contribution is 7.11. The minimum atomic E-state index is 0.564. The second-order valence-electron chi connectivity index (χ2n) is 5.74. The third-order valence-electron chi connectivity index (χ3n) is 4.16. The topological polar surface area (TPSA) is 41.1 Å². The van der Waals surface area contributed by atoms with Gasteiger partial charge >= 0.3 is 0 Å². The molecule has 4 nitrogen and oxygen atoms in total. The highest BCUT2D eigenvalue weighted by atomic mass is 32.1. The molecule has 22 heavy (non-hydrogen) atoms. The van der Waals surface area contributed by atoms with Crippen molar-refractivity contribution in [3.05, 3.63) is 52.5 Å². The van der Waals surface area contributed by atoms with E-state index in [9.17, 15) is 0 Å². The maximum Gasteiger partial charge on any atom is 0.136 e. The average Bonchev–Trinajstić information content (AvgIpc) is 2.92. The van der Waals surface area contributed by atoms with Crippen LogP contribution in [0.3, 0.4) is 0 Å². The van der Waals surface area contributed by atoms with Gasteiger partial charge in [0.25, 0.3) is 0 Å². The second-order valence-corrected chi connectivity index (χ2v) is 6.84. The van der Waals surface area contributed by atoms with Crippen molar-refractivity contribution in [1.29, 1.82) is 0 Å². The zero-order valence-electron chi connectivity index (χ0n) is 12.5. The van der Waals surface area contributed by atoms with E-state index in [1.54, 1.807) is 11.3 Å². The minimum Gasteiger partial charge on any atom is -0.367 e. The Balaban J connectivity index is 1.58. The zero-order chi connectivity index (χ0) is 14.9. The molecule has 1 aliphatic rings. The van der Waals surface area contributed by atoms with Crippen molar-refractivity contribution in [2.75, 3.05) is 25.0 Å². The summed E-state index contributed by atoms with van der Waals surface area (Å²) in [5, 5.41) is 16.8. The van der Waals surface area contributed by atoms with E-state index in [-0.39, 0.29) is 0 Å². The second kappa shape index (κ2) is 5.66. The first-order valence-corrected chi connectivity index (χ1v) is 8.35. The highest BCUT2D eigenvalue weighted by Gasteiger charge is 2.23. The van der Waals surface area contributed by atoms with Crippen molar-refractivity contribution in [2.45, 2.75) is 12.5 Å². The Hall–Kier alpha value is -1.98. The molecule has 2 heterocycles. The van der Waals surface area contributed by atoms with Crippen LogP contribution in [0.1, 0.15) is 15.9 Å². The number of nitrogens with one attached hydrogen (secondary N) is 1. The predicted octanol–water partition coefficient (Wildman–Crippen LogP) is 3.01. The molecule has 0 bridgehead atoms. The van der Waals surface area contributed by atoms with E-state index in [0.717, 1.165) is 24.6 Å². The summed E-state index contributed by atoms with van der Waals surface area (Å²) in [6, 6.07) is 14.9. The molecule has 1 aromatic heterocycles. The third kappa shape index (κ3) is 2.46. The molecule has 2 aromatic carbocycles. The van der Waals surface area contributed by atoms with E-state index in [2.05, 4.69) is 69.9 Å². The Labute approximate surface area is 133 Å². The van der Waals surface area contributed by atoms with Gasteiger partial charge in [0, 0.05) is 37.1 Å². The normalized spacial score (nSPS) is 15.0. The van der Waals surface area contributed by atoms with Crippen LogP contribution in [0, 0.1) is 0 Å². The lowest BCUT2D eigenvalue weighted by Crippen LogP contribution is -2.39. The van der Waals surface area contributed by atoms with Crippen LogP contribution in [0.15, 0.2) is 42.5 Å². The van der Waals surface area contributed by atoms with Crippen LogP contribution < -0.4 is 10.2 Å². The molecule has 0 amide bonds. The van der Waals surface area contributed by atoms with E-state index in [0.29, 0.717) is 5.92 Å². The third-order valence-corrected chi connectivity index (χ3v) is 5.23. The van der Waals surface area contributed by atoms with Crippen molar-refractivity contribution in [3.8, 4) is 0 Å². The van der Waals surface area contributed by atoms with Crippen LogP contribution in [-0.4, -0.2) is 30.3 Å². The SMILES string of the molecule is CN(Cc1nnc(C2CNC2)s1)c1cccc2ccccc12. The lowest BCUT2D eigenvalue weighted by atomic mass is 10.1. The number of rotatable bonds is 4. The molecular formula is C17H18N4S. The standard InChI is InChI=1S/C17H18N4S/c1-21(11-16-19-20-17(22-16)13-9-18-10-13)15-8-4-6-12-5-2-3-7-14(12)15/h2-8,13,18H,9-11H2,1H3. The molecule has 1 N–H and O–H groups in total. The van der Waals surface area contributed by atoms with Crippen LogP contribution in [0.2, 0.25) is 0 Å². The number of fused-ring (bicyclic) bond motifs is 1. The Bertz CT molecular complexity index is 789. The fraction of sp³-hybridized carbons (Fsp3) is 0.294. The fourth-order valence-electron chi connectivity index (χ4n) is 2.79. The van der Waals surface area contributed by atoms with E-state index >= 15 is 0 Å². The maximum absolute atomic E-state index is 4.36. The van der Waals surface area contributed by atoms with Crippen molar-refractivity contribution < 1.29 is 0 Å². The van der Waals surface area contributed by atoms with Crippen molar-refractivity contribution in [3.63, 3.8) is 0 Å². The molecule has 0 unspecified atom stereocenters. The van der Waals surface area contributed by atoms with Crippen molar-refractivity contribution in [1.82, 2.24) is 15.5 Å². The van der Waals surface area contributed by atoms with Gasteiger partial charge in [-0.15, -0.1) is 10.2 Å². The number of nitrogens with zero attached hydrogens (tertiary/aromatic N) is 3. The molecule has 112 valence electrons. The molecule has 4 rings (SSSR count). The summed E-state index contributed by atoms with van der Waals surface area (Å²) >= 11 is 1.74. The molecule has 0 aliphatic carbocycles. The van der Waals surface area contributed by atoms with Gasteiger partial charge in [0.2, 0.25) is 0 Å². The van der Waals surface area contributed by atoms with Crippen LogP contribution in [-0.2, 0) is 6.54 Å². The summed E-state index contributed by atoms with van der Waals surface area (Å²) in [5.41, 5.74) is 1.24. The molecule has 0 radical (unpaired) electrons. The van der Waals surface area contributed by atoms with E-state index in [1.165, 1.54) is 21.5 Å². The Morgan fingerprint density at radius 2 is 1.95 bits per heavy atom. The smallest absolute Gasteiger partial charge is 0.136 e. The Morgan fingerprint density at radius 3 is 2.77 bits per heavy atom. The maximum atomic E-state index is 4.36. The van der Waals surface area contributed by atoms with Gasteiger partial charge in [-0.25, -0.2) is 0 Å². The first-order chi connectivity index (χ1) is 10.8. The van der Waals surface area contributed by atoms with E-state index in [4.69, 9.17) is 0 Å². The number of hydrogen-bond donors (Lipinski definition) is 1. The average molecular weight is 310 g/mol. The molecule has 0 atom stereocenters. The summed E-state index contributed by atoms with van der Waals surface area (Å²) in [6.07, 6.45) is 0. The fourth-order valence-corrected chi connectivity index (χ4v) is 3.78. The van der Waals surface area contributed by atoms with Crippen LogP contribution >= 0.6 is 11.3 Å². The first kappa shape index (κ1) is 13.7. The lowest BCUT2D eigenvalue weighted by molar-refractivity contribution is 0.444. The largest absolute Gasteiger partial charge is 0.367 e. The van der Waals surface area contributed by atoms with Gasteiger partial charge in [-0.3, -0.25) is 0 Å². The van der Waals surface area contributed by atoms with Gasteiger partial charge in [-0.05, 0) is 11.5 Å². The lowest BCUT2D eigenvalue weighted by Gasteiger charge is -2.24. The van der Waals surface area contributed by atoms with Gasteiger partial charge < -0.3 is 10.2 Å². The van der Waals surface area contributed by atoms with Crippen molar-refractivity contribution >= 4 is 27.8 Å². The van der Waals surface area contributed by atoms with Gasteiger partial charge in [-0.2, -0.15) is 0 Å².